The van der Waals surface area contributed by atoms with Gasteiger partial charge in [0.1, 0.15) is 0 Å². The number of ketones is 1. The number of nitrogens with one attached hydrogen (secondary N) is 2. The second-order valence-electron chi connectivity index (χ2n) is 8.82. The smallest absolute Gasteiger partial charge is 0.228 e. The Bertz CT molecular complexity index is 1390. The van der Waals surface area contributed by atoms with E-state index in [0.29, 0.717) is 22.5 Å². The zero-order valence-electron chi connectivity index (χ0n) is 20.4. The van der Waals surface area contributed by atoms with Crippen molar-refractivity contribution in [2.24, 2.45) is 0 Å². The summed E-state index contributed by atoms with van der Waals surface area (Å²) in [6.45, 7) is 3.96. The van der Waals surface area contributed by atoms with Gasteiger partial charge >= 0.3 is 0 Å². The Kier molecular flexibility index (Phi) is 7.71. The van der Waals surface area contributed by atoms with Gasteiger partial charge in [0.15, 0.2) is 5.78 Å². The van der Waals surface area contributed by atoms with E-state index in [2.05, 4.69) is 10.6 Å². The molecule has 0 fully saturated rings. The molecular formula is C31H28N2O3. The Labute approximate surface area is 211 Å². The zero-order chi connectivity index (χ0) is 25.5. The van der Waals surface area contributed by atoms with E-state index < -0.39 is 0 Å². The number of hydrogen-bond acceptors (Lipinski definition) is 3. The van der Waals surface area contributed by atoms with Gasteiger partial charge in [0, 0.05) is 16.8 Å². The average molecular weight is 477 g/mol. The van der Waals surface area contributed by atoms with Crippen LogP contribution in [0.2, 0.25) is 0 Å². The molecule has 0 aliphatic carbocycles. The van der Waals surface area contributed by atoms with Gasteiger partial charge in [-0.3, -0.25) is 14.4 Å². The number of anilines is 2. The molecule has 2 amide bonds. The molecule has 36 heavy (non-hydrogen) atoms. The number of carbonyl (C=O) groups is 3. The van der Waals surface area contributed by atoms with E-state index in [1.807, 2.05) is 68.4 Å². The summed E-state index contributed by atoms with van der Waals surface area (Å²) in [5, 5.41) is 5.77. The van der Waals surface area contributed by atoms with Crippen molar-refractivity contribution in [1.29, 1.82) is 0 Å². The molecule has 4 aromatic carbocycles. The van der Waals surface area contributed by atoms with Crippen molar-refractivity contribution < 1.29 is 14.4 Å². The molecule has 0 radical (unpaired) electrons. The topological polar surface area (TPSA) is 75.3 Å². The number of hydrogen-bond donors (Lipinski definition) is 2. The van der Waals surface area contributed by atoms with Crippen LogP contribution in [0, 0.1) is 13.8 Å². The Morgan fingerprint density at radius 3 is 2.06 bits per heavy atom. The van der Waals surface area contributed by atoms with Crippen LogP contribution in [-0.4, -0.2) is 17.6 Å². The second kappa shape index (κ2) is 11.3. The van der Waals surface area contributed by atoms with Crippen molar-refractivity contribution >= 4 is 29.0 Å². The lowest BCUT2D eigenvalue weighted by molar-refractivity contribution is -0.116. The molecule has 2 N–H and O–H groups in total. The van der Waals surface area contributed by atoms with Gasteiger partial charge in [-0.1, -0.05) is 84.4 Å². The molecule has 0 aliphatic heterocycles. The van der Waals surface area contributed by atoms with Gasteiger partial charge in [0.05, 0.1) is 18.5 Å². The quantitative estimate of drug-likeness (QED) is 0.311. The van der Waals surface area contributed by atoms with Gasteiger partial charge in [-0.15, -0.1) is 0 Å². The monoisotopic (exact) mass is 476 g/mol. The van der Waals surface area contributed by atoms with E-state index in [4.69, 9.17) is 0 Å². The predicted molar refractivity (Wildman–Crippen MR) is 143 cm³/mol. The summed E-state index contributed by atoms with van der Waals surface area (Å²) in [4.78, 5) is 38.8. The van der Waals surface area contributed by atoms with Crippen LogP contribution in [0.4, 0.5) is 11.4 Å². The second-order valence-corrected chi connectivity index (χ2v) is 8.82. The lowest BCUT2D eigenvalue weighted by Gasteiger charge is -2.14. The van der Waals surface area contributed by atoms with Gasteiger partial charge in [-0.05, 0) is 48.7 Å². The van der Waals surface area contributed by atoms with Crippen LogP contribution in [-0.2, 0) is 22.4 Å². The summed E-state index contributed by atoms with van der Waals surface area (Å²) in [6.07, 6.45) is 0.415. The van der Waals surface area contributed by atoms with E-state index >= 15 is 0 Å². The summed E-state index contributed by atoms with van der Waals surface area (Å²) in [7, 11) is 0. The Hall–Kier alpha value is -4.51. The summed E-state index contributed by atoms with van der Waals surface area (Å²) in [5.74, 6) is -0.646. The van der Waals surface area contributed by atoms with Gasteiger partial charge in [-0.25, -0.2) is 0 Å². The highest BCUT2D eigenvalue weighted by Crippen LogP contribution is 2.25. The zero-order valence-corrected chi connectivity index (χ0v) is 20.4. The molecule has 5 heteroatoms. The first-order valence-corrected chi connectivity index (χ1v) is 11.8. The minimum Gasteiger partial charge on any atom is -0.326 e. The van der Waals surface area contributed by atoms with Crippen LogP contribution in [0.1, 0.15) is 38.2 Å². The van der Waals surface area contributed by atoms with Crippen molar-refractivity contribution in [3.05, 3.63) is 130 Å². The first-order chi connectivity index (χ1) is 17.4. The normalized spacial score (nSPS) is 10.5. The average Bonchev–Trinajstić information content (AvgIpc) is 2.88. The minimum atomic E-state index is -0.240. The largest absolute Gasteiger partial charge is 0.326 e. The Balaban J connectivity index is 1.57. The molecule has 0 aliphatic rings. The third kappa shape index (κ3) is 6.33. The Morgan fingerprint density at radius 2 is 1.33 bits per heavy atom. The van der Waals surface area contributed by atoms with Crippen molar-refractivity contribution in [3.63, 3.8) is 0 Å². The molecule has 0 atom stereocenters. The highest BCUT2D eigenvalue weighted by atomic mass is 16.2. The van der Waals surface area contributed by atoms with Gasteiger partial charge in [0.25, 0.3) is 0 Å². The highest BCUT2D eigenvalue weighted by Gasteiger charge is 2.17. The number of rotatable bonds is 8. The van der Waals surface area contributed by atoms with E-state index in [9.17, 15) is 14.4 Å². The summed E-state index contributed by atoms with van der Waals surface area (Å²) in [6, 6.07) is 29.3. The van der Waals surface area contributed by atoms with E-state index in [1.165, 1.54) is 0 Å². The molecule has 4 rings (SSSR count). The summed E-state index contributed by atoms with van der Waals surface area (Å²) < 4.78 is 0. The van der Waals surface area contributed by atoms with E-state index in [0.717, 1.165) is 22.3 Å². The maximum absolute atomic E-state index is 13.4. The van der Waals surface area contributed by atoms with Crippen molar-refractivity contribution in [2.45, 2.75) is 26.7 Å². The first-order valence-electron chi connectivity index (χ1n) is 11.8. The predicted octanol–water partition coefficient (Wildman–Crippen LogP) is 5.90. The molecule has 0 saturated heterocycles. The third-order valence-corrected chi connectivity index (χ3v) is 5.96. The Morgan fingerprint density at radius 1 is 0.667 bits per heavy atom. The summed E-state index contributed by atoms with van der Waals surface area (Å²) >= 11 is 0. The van der Waals surface area contributed by atoms with Crippen molar-refractivity contribution in [2.75, 3.05) is 10.6 Å². The minimum absolute atomic E-state index is 0.182. The number of benzene rings is 4. The van der Waals surface area contributed by atoms with Crippen LogP contribution in [0.3, 0.4) is 0 Å². The molecule has 0 saturated carbocycles. The third-order valence-electron chi connectivity index (χ3n) is 5.96. The molecule has 0 bridgehead atoms. The van der Waals surface area contributed by atoms with Crippen LogP contribution in [0.15, 0.2) is 97.1 Å². The maximum atomic E-state index is 13.4. The van der Waals surface area contributed by atoms with E-state index in [-0.39, 0.29) is 30.4 Å². The van der Waals surface area contributed by atoms with Crippen LogP contribution < -0.4 is 10.6 Å². The fourth-order valence-corrected chi connectivity index (χ4v) is 3.94. The lowest BCUT2D eigenvalue weighted by Crippen LogP contribution is -2.18. The SMILES string of the molecule is Cc1ccc(CC(=O)Nc2ccc(NC(=O)Cc3ccccc3C)cc2C(=O)c2ccccc2)cc1. The standard InChI is InChI=1S/C31H28N2O3/c1-21-12-14-23(15-13-21)18-29(34)33-28-17-16-26(20-27(28)31(36)24-9-4-3-5-10-24)32-30(35)19-25-11-7-6-8-22(25)2/h3-17,20H,18-19H2,1-2H3,(H,32,35)(H,33,34). The molecule has 0 spiro atoms. The van der Waals surface area contributed by atoms with Crippen LogP contribution in [0.25, 0.3) is 0 Å². The molecule has 4 aromatic rings. The molecule has 180 valence electrons. The maximum Gasteiger partial charge on any atom is 0.228 e. The molecule has 0 heterocycles. The first kappa shape index (κ1) is 24.6. The highest BCUT2D eigenvalue weighted by molar-refractivity contribution is 6.14. The van der Waals surface area contributed by atoms with E-state index in [1.54, 1.807) is 42.5 Å². The lowest BCUT2D eigenvalue weighted by atomic mass is 10.0. The van der Waals surface area contributed by atoms with Crippen molar-refractivity contribution in [1.82, 2.24) is 0 Å². The van der Waals surface area contributed by atoms with Gasteiger partial charge in [0.2, 0.25) is 11.8 Å². The number of carbonyl (C=O) groups excluding carboxylic acids is 3. The molecule has 5 nitrogen and oxygen atoms in total. The molecule has 0 unspecified atom stereocenters. The summed E-state index contributed by atoms with van der Waals surface area (Å²) in [5.41, 5.74) is 5.68. The molecule has 0 aromatic heterocycles. The number of amides is 2. The molecular weight excluding hydrogens is 448 g/mol. The van der Waals surface area contributed by atoms with Crippen LogP contribution in [0.5, 0.6) is 0 Å². The number of aryl methyl sites for hydroxylation is 2. The fraction of sp³-hybridized carbons (Fsp3) is 0.129. The fourth-order valence-electron chi connectivity index (χ4n) is 3.94. The van der Waals surface area contributed by atoms with Crippen molar-refractivity contribution in [3.8, 4) is 0 Å². The van der Waals surface area contributed by atoms with Crippen LogP contribution >= 0.6 is 0 Å². The van der Waals surface area contributed by atoms with Gasteiger partial charge in [-0.2, -0.15) is 0 Å². The van der Waals surface area contributed by atoms with Gasteiger partial charge < -0.3 is 10.6 Å².